The van der Waals surface area contributed by atoms with E-state index >= 15 is 0 Å². The number of hydrogen-bond acceptors (Lipinski definition) is 2. The van der Waals surface area contributed by atoms with Crippen LogP contribution in [0, 0.1) is 0 Å². The first-order valence-corrected chi connectivity index (χ1v) is 6.13. The maximum absolute atomic E-state index is 12.2. The van der Waals surface area contributed by atoms with E-state index in [2.05, 4.69) is 18.8 Å². The predicted octanol–water partition coefficient (Wildman–Crippen LogP) is 3.03. The van der Waals surface area contributed by atoms with Crippen LogP contribution in [0.5, 0.6) is 0 Å². The van der Waals surface area contributed by atoms with Gasteiger partial charge in [-0.3, -0.25) is 9.20 Å². The van der Waals surface area contributed by atoms with Crippen molar-refractivity contribution in [2.45, 2.75) is 33.1 Å². The maximum Gasteiger partial charge on any atom is 0.262 e. The summed E-state index contributed by atoms with van der Waals surface area (Å²) in [5, 5.41) is 0.325. The van der Waals surface area contributed by atoms with Crippen LogP contribution in [-0.2, 0) is 6.42 Å². The number of hydrogen-bond donors (Lipinski definition) is 0. The summed E-state index contributed by atoms with van der Waals surface area (Å²) in [6.45, 7) is 6.05. The summed E-state index contributed by atoms with van der Waals surface area (Å²) < 4.78 is 1.58. The fourth-order valence-electron chi connectivity index (χ4n) is 1.94. The second kappa shape index (κ2) is 4.49. The van der Waals surface area contributed by atoms with Gasteiger partial charge in [-0.25, -0.2) is 4.98 Å². The average Bonchev–Trinajstić information content (AvgIpc) is 2.28. The van der Waals surface area contributed by atoms with Gasteiger partial charge in [0.25, 0.3) is 5.56 Å². The Kier molecular flexibility index (Phi) is 3.20. The van der Waals surface area contributed by atoms with Crippen LogP contribution in [0.4, 0.5) is 0 Å². The third-order valence-electron chi connectivity index (χ3n) is 2.90. The zero-order valence-corrected chi connectivity index (χ0v) is 11.0. The highest BCUT2D eigenvalue weighted by atomic mass is 35.5. The Labute approximate surface area is 105 Å². The van der Waals surface area contributed by atoms with Gasteiger partial charge in [-0.2, -0.15) is 0 Å². The molecular weight excluding hydrogens is 236 g/mol. The lowest BCUT2D eigenvalue weighted by atomic mass is 10.0. The molecule has 0 fully saturated rings. The summed E-state index contributed by atoms with van der Waals surface area (Å²) in [4.78, 5) is 16.6. The molecule has 0 unspecified atom stereocenters. The SMILES string of the molecule is CCc1c(Cl)nc2c(C(C)C)cccn2c1=O. The highest BCUT2D eigenvalue weighted by Crippen LogP contribution is 2.20. The fourth-order valence-corrected chi connectivity index (χ4v) is 2.24. The molecule has 4 heteroatoms. The number of pyridine rings is 1. The summed E-state index contributed by atoms with van der Waals surface area (Å²) in [6.07, 6.45) is 2.34. The van der Waals surface area contributed by atoms with Crippen LogP contribution in [0.1, 0.15) is 37.8 Å². The molecule has 0 spiro atoms. The van der Waals surface area contributed by atoms with Crippen molar-refractivity contribution in [1.29, 1.82) is 0 Å². The molecule has 3 nitrogen and oxygen atoms in total. The average molecular weight is 251 g/mol. The third-order valence-corrected chi connectivity index (χ3v) is 3.22. The zero-order chi connectivity index (χ0) is 12.6. The van der Waals surface area contributed by atoms with Crippen molar-refractivity contribution in [3.05, 3.63) is 45.0 Å². The number of nitrogens with zero attached hydrogens (tertiary/aromatic N) is 2. The molecule has 0 N–H and O–H groups in total. The predicted molar refractivity (Wildman–Crippen MR) is 69.9 cm³/mol. The van der Waals surface area contributed by atoms with E-state index < -0.39 is 0 Å². The molecule has 0 saturated heterocycles. The van der Waals surface area contributed by atoms with Gasteiger partial charge < -0.3 is 0 Å². The van der Waals surface area contributed by atoms with Crippen LogP contribution < -0.4 is 5.56 Å². The minimum absolute atomic E-state index is 0.0648. The van der Waals surface area contributed by atoms with Crippen LogP contribution in [0.3, 0.4) is 0 Å². The first kappa shape index (κ1) is 12.1. The minimum Gasteiger partial charge on any atom is -0.269 e. The Hall–Kier alpha value is -1.35. The normalized spacial score (nSPS) is 11.4. The monoisotopic (exact) mass is 250 g/mol. The van der Waals surface area contributed by atoms with Crippen molar-refractivity contribution in [3.8, 4) is 0 Å². The molecule has 0 aliphatic carbocycles. The largest absolute Gasteiger partial charge is 0.269 e. The zero-order valence-electron chi connectivity index (χ0n) is 10.2. The molecule has 2 rings (SSSR count). The first-order valence-electron chi connectivity index (χ1n) is 5.76. The molecule has 0 atom stereocenters. The van der Waals surface area contributed by atoms with Gasteiger partial charge in [0, 0.05) is 6.20 Å². The van der Waals surface area contributed by atoms with Gasteiger partial charge in [0.15, 0.2) is 0 Å². The standard InChI is InChI=1S/C13H15ClN2O/c1-4-9-11(14)15-12-10(8(2)3)6-5-7-16(12)13(9)17/h5-8H,4H2,1-3H3. The summed E-state index contributed by atoms with van der Waals surface area (Å²) >= 11 is 6.06. The van der Waals surface area contributed by atoms with Crippen molar-refractivity contribution in [1.82, 2.24) is 9.38 Å². The Morgan fingerprint density at radius 1 is 1.47 bits per heavy atom. The maximum atomic E-state index is 12.2. The van der Waals surface area contributed by atoms with E-state index in [1.807, 2.05) is 19.1 Å². The Morgan fingerprint density at radius 3 is 2.76 bits per heavy atom. The van der Waals surface area contributed by atoms with Crippen molar-refractivity contribution in [2.75, 3.05) is 0 Å². The van der Waals surface area contributed by atoms with Gasteiger partial charge in [0.05, 0.1) is 5.56 Å². The number of rotatable bonds is 2. The molecule has 2 aromatic heterocycles. The number of halogens is 1. The molecule has 0 aromatic carbocycles. The molecule has 0 saturated carbocycles. The van der Waals surface area contributed by atoms with E-state index in [4.69, 9.17) is 11.6 Å². The topological polar surface area (TPSA) is 34.4 Å². The van der Waals surface area contributed by atoms with Crippen LogP contribution in [-0.4, -0.2) is 9.38 Å². The second-order valence-corrected chi connectivity index (χ2v) is 4.71. The van der Waals surface area contributed by atoms with E-state index in [0.717, 1.165) is 5.56 Å². The number of aromatic nitrogens is 2. The molecule has 2 heterocycles. The van der Waals surface area contributed by atoms with Gasteiger partial charge in [-0.15, -0.1) is 0 Å². The molecule has 0 bridgehead atoms. The van der Waals surface area contributed by atoms with E-state index in [0.29, 0.717) is 28.7 Å². The summed E-state index contributed by atoms with van der Waals surface area (Å²) in [5.74, 6) is 0.307. The molecule has 17 heavy (non-hydrogen) atoms. The van der Waals surface area contributed by atoms with E-state index in [9.17, 15) is 4.79 Å². The van der Waals surface area contributed by atoms with Crippen LogP contribution in [0.25, 0.3) is 5.65 Å². The van der Waals surface area contributed by atoms with Gasteiger partial charge in [0.1, 0.15) is 10.8 Å². The minimum atomic E-state index is -0.0648. The molecule has 0 aliphatic heterocycles. The smallest absolute Gasteiger partial charge is 0.262 e. The second-order valence-electron chi connectivity index (χ2n) is 4.35. The fraction of sp³-hybridized carbons (Fsp3) is 0.385. The Bertz CT molecular complexity index is 617. The lowest BCUT2D eigenvalue weighted by Gasteiger charge is -2.11. The van der Waals surface area contributed by atoms with E-state index in [1.165, 1.54) is 0 Å². The lowest BCUT2D eigenvalue weighted by molar-refractivity contribution is 0.848. The van der Waals surface area contributed by atoms with Crippen molar-refractivity contribution < 1.29 is 0 Å². The van der Waals surface area contributed by atoms with Crippen molar-refractivity contribution >= 4 is 17.2 Å². The summed E-state index contributed by atoms with van der Waals surface area (Å²) in [7, 11) is 0. The molecule has 0 aliphatic rings. The molecular formula is C13H15ClN2O. The van der Waals surface area contributed by atoms with Gasteiger partial charge in [0.2, 0.25) is 0 Å². The number of fused-ring (bicyclic) bond motifs is 1. The molecule has 90 valence electrons. The van der Waals surface area contributed by atoms with E-state index in [1.54, 1.807) is 10.6 Å². The molecule has 0 radical (unpaired) electrons. The summed E-state index contributed by atoms with van der Waals surface area (Å²) in [5.41, 5.74) is 2.21. The Morgan fingerprint density at radius 2 is 2.18 bits per heavy atom. The van der Waals surface area contributed by atoms with Gasteiger partial charge >= 0.3 is 0 Å². The van der Waals surface area contributed by atoms with Crippen molar-refractivity contribution in [3.63, 3.8) is 0 Å². The van der Waals surface area contributed by atoms with Gasteiger partial charge in [-0.05, 0) is 24.0 Å². The van der Waals surface area contributed by atoms with Crippen LogP contribution in [0.2, 0.25) is 5.15 Å². The van der Waals surface area contributed by atoms with Crippen LogP contribution in [0.15, 0.2) is 23.1 Å². The first-order chi connectivity index (χ1) is 8.06. The Balaban J connectivity index is 2.91. The molecule has 0 amide bonds. The highest BCUT2D eigenvalue weighted by molar-refractivity contribution is 6.30. The van der Waals surface area contributed by atoms with Gasteiger partial charge in [-0.1, -0.05) is 38.4 Å². The highest BCUT2D eigenvalue weighted by Gasteiger charge is 2.13. The lowest BCUT2D eigenvalue weighted by Crippen LogP contribution is -2.20. The third kappa shape index (κ3) is 1.95. The molecule has 2 aromatic rings. The van der Waals surface area contributed by atoms with Crippen LogP contribution >= 0.6 is 11.6 Å². The quantitative estimate of drug-likeness (QED) is 0.768. The summed E-state index contributed by atoms with van der Waals surface area (Å²) in [6, 6.07) is 3.85. The van der Waals surface area contributed by atoms with E-state index in [-0.39, 0.29) is 5.56 Å². The van der Waals surface area contributed by atoms with Crippen molar-refractivity contribution in [2.24, 2.45) is 0 Å².